The topological polar surface area (TPSA) is 65.2 Å². The monoisotopic (exact) mass is 389 g/mol. The number of aromatic amines is 1. The van der Waals surface area contributed by atoms with E-state index in [0.29, 0.717) is 18.0 Å². The van der Waals surface area contributed by atoms with Gasteiger partial charge in [-0.15, -0.1) is 0 Å². The number of rotatable bonds is 6. The Kier molecular flexibility index (Phi) is 5.14. The Hall–Kier alpha value is -3.08. The van der Waals surface area contributed by atoms with Crippen LogP contribution in [0.3, 0.4) is 0 Å². The summed E-state index contributed by atoms with van der Waals surface area (Å²) < 4.78 is 0. The van der Waals surface area contributed by atoms with Crippen LogP contribution in [0, 0.1) is 12.8 Å². The van der Waals surface area contributed by atoms with E-state index >= 15 is 0 Å². The number of aryl methyl sites for hydroxylation is 1. The lowest BCUT2D eigenvalue weighted by atomic mass is 9.95. The summed E-state index contributed by atoms with van der Waals surface area (Å²) in [6.07, 6.45) is 0.922. The number of H-pyrrole nitrogens is 1. The highest BCUT2D eigenvalue weighted by Crippen LogP contribution is 2.42. The van der Waals surface area contributed by atoms with E-state index < -0.39 is 0 Å². The van der Waals surface area contributed by atoms with Crippen molar-refractivity contribution in [3.05, 3.63) is 70.9 Å². The van der Waals surface area contributed by atoms with Gasteiger partial charge in [-0.1, -0.05) is 50.2 Å². The second-order valence-corrected chi connectivity index (χ2v) is 8.16. The summed E-state index contributed by atoms with van der Waals surface area (Å²) in [5, 5.41) is 4.05. The van der Waals surface area contributed by atoms with Crippen LogP contribution in [0.15, 0.2) is 48.5 Å². The van der Waals surface area contributed by atoms with Gasteiger partial charge in [-0.05, 0) is 37.0 Å². The lowest BCUT2D eigenvalue weighted by molar-refractivity contribution is -0.122. The van der Waals surface area contributed by atoms with Crippen molar-refractivity contribution in [3.8, 4) is 0 Å². The molecular weight excluding hydrogens is 362 g/mol. The molecule has 0 aliphatic carbocycles. The van der Waals surface area contributed by atoms with Crippen LogP contribution in [0.4, 0.5) is 0 Å². The third-order valence-corrected chi connectivity index (χ3v) is 5.63. The second-order valence-electron chi connectivity index (χ2n) is 8.16. The highest BCUT2D eigenvalue weighted by atomic mass is 16.2. The number of fused-ring (bicyclic) bond motifs is 2. The maximum Gasteiger partial charge on any atom is 0.255 e. The van der Waals surface area contributed by atoms with Gasteiger partial charge < -0.3 is 15.2 Å². The average molecular weight is 389 g/mol. The van der Waals surface area contributed by atoms with Gasteiger partial charge >= 0.3 is 0 Å². The molecule has 3 aromatic rings. The molecule has 0 bridgehead atoms. The predicted molar refractivity (Wildman–Crippen MR) is 115 cm³/mol. The van der Waals surface area contributed by atoms with E-state index in [0.717, 1.165) is 34.1 Å². The predicted octanol–water partition coefficient (Wildman–Crippen LogP) is 4.18. The third-order valence-electron chi connectivity index (χ3n) is 5.63. The van der Waals surface area contributed by atoms with Crippen molar-refractivity contribution in [2.75, 3.05) is 13.1 Å². The first kappa shape index (κ1) is 19.2. The summed E-state index contributed by atoms with van der Waals surface area (Å²) in [5.41, 5.74) is 4.76. The van der Waals surface area contributed by atoms with E-state index in [1.54, 1.807) is 4.90 Å². The van der Waals surface area contributed by atoms with Crippen molar-refractivity contribution in [1.29, 1.82) is 0 Å². The minimum Gasteiger partial charge on any atom is -0.358 e. The molecule has 5 nitrogen and oxygen atoms in total. The van der Waals surface area contributed by atoms with Crippen LogP contribution < -0.4 is 5.32 Å². The van der Waals surface area contributed by atoms with Crippen LogP contribution in [0.5, 0.6) is 0 Å². The lowest BCUT2D eigenvalue weighted by Crippen LogP contribution is -2.40. The summed E-state index contributed by atoms with van der Waals surface area (Å²) in [7, 11) is 0. The minimum atomic E-state index is -0.273. The Morgan fingerprint density at radius 3 is 2.66 bits per heavy atom. The van der Waals surface area contributed by atoms with Gasteiger partial charge in [0.2, 0.25) is 5.91 Å². The number of carbonyl (C=O) groups excluding carboxylic acids is 2. The summed E-state index contributed by atoms with van der Waals surface area (Å²) in [5.74, 6) is 0.318. The molecule has 1 aliphatic heterocycles. The molecule has 0 spiro atoms. The number of benzene rings is 2. The summed E-state index contributed by atoms with van der Waals surface area (Å²) in [4.78, 5) is 31.0. The molecule has 29 heavy (non-hydrogen) atoms. The van der Waals surface area contributed by atoms with Gasteiger partial charge in [0.25, 0.3) is 5.91 Å². The zero-order chi connectivity index (χ0) is 20.5. The number of amides is 2. The summed E-state index contributed by atoms with van der Waals surface area (Å²) in [6, 6.07) is 15.5. The van der Waals surface area contributed by atoms with Crippen molar-refractivity contribution < 1.29 is 9.59 Å². The normalized spacial score (nSPS) is 15.9. The van der Waals surface area contributed by atoms with E-state index in [2.05, 4.69) is 30.2 Å². The first-order valence-electron chi connectivity index (χ1n) is 10.2. The standard InChI is InChI=1S/C24H27N3O2/c1-15(2)12-13-25-21(28)14-27-23(17-8-4-5-9-18(17)24(27)29)22-16(3)26-20-11-7-6-10-19(20)22/h4-11,15,23,26H,12-14H2,1-3H3,(H,25,28)/t23-/m1/s1. The number of hydrogen-bond acceptors (Lipinski definition) is 2. The minimum absolute atomic E-state index is 0.0508. The number of carbonyl (C=O) groups is 2. The largest absolute Gasteiger partial charge is 0.358 e. The highest BCUT2D eigenvalue weighted by Gasteiger charge is 2.40. The van der Waals surface area contributed by atoms with Crippen LogP contribution in [-0.2, 0) is 4.79 Å². The van der Waals surface area contributed by atoms with Crippen LogP contribution in [0.25, 0.3) is 10.9 Å². The van der Waals surface area contributed by atoms with Gasteiger partial charge in [0.1, 0.15) is 6.54 Å². The Morgan fingerprint density at radius 1 is 1.14 bits per heavy atom. The van der Waals surface area contributed by atoms with E-state index in [1.807, 2.05) is 49.4 Å². The first-order chi connectivity index (χ1) is 14.0. The van der Waals surface area contributed by atoms with E-state index in [4.69, 9.17) is 0 Å². The molecule has 0 saturated carbocycles. The fourth-order valence-electron chi connectivity index (χ4n) is 4.21. The summed E-state index contributed by atoms with van der Waals surface area (Å²) in [6.45, 7) is 6.96. The number of para-hydroxylation sites is 1. The molecule has 0 saturated heterocycles. The molecule has 150 valence electrons. The molecule has 1 aromatic heterocycles. The van der Waals surface area contributed by atoms with E-state index in [9.17, 15) is 9.59 Å². The van der Waals surface area contributed by atoms with E-state index in [1.165, 1.54) is 0 Å². The maximum absolute atomic E-state index is 13.2. The van der Waals surface area contributed by atoms with Gasteiger partial charge in [-0.25, -0.2) is 0 Å². The molecular formula is C24H27N3O2. The molecule has 0 unspecified atom stereocenters. The SMILES string of the molecule is Cc1[nH]c2ccccc2c1[C@H]1c2ccccc2C(=O)N1CC(=O)NCCC(C)C. The quantitative estimate of drug-likeness (QED) is 0.664. The van der Waals surface area contributed by atoms with Gasteiger partial charge in [0.15, 0.2) is 0 Å². The number of hydrogen-bond donors (Lipinski definition) is 2. The number of nitrogens with one attached hydrogen (secondary N) is 2. The van der Waals surface area contributed by atoms with Crippen LogP contribution >= 0.6 is 0 Å². The van der Waals surface area contributed by atoms with Gasteiger partial charge in [0, 0.05) is 34.3 Å². The van der Waals surface area contributed by atoms with Crippen molar-refractivity contribution >= 4 is 22.7 Å². The maximum atomic E-state index is 13.2. The van der Waals surface area contributed by atoms with Gasteiger partial charge in [-0.2, -0.15) is 0 Å². The van der Waals surface area contributed by atoms with Gasteiger partial charge in [-0.3, -0.25) is 9.59 Å². The molecule has 5 heteroatoms. The Balaban J connectivity index is 1.71. The molecule has 2 amide bonds. The highest BCUT2D eigenvalue weighted by molar-refractivity contribution is 6.02. The Bertz CT molecular complexity index is 1070. The molecule has 0 fully saturated rings. The van der Waals surface area contributed by atoms with Crippen molar-refractivity contribution in [2.45, 2.75) is 33.2 Å². The first-order valence-corrected chi connectivity index (χ1v) is 10.2. The van der Waals surface area contributed by atoms with Crippen LogP contribution in [0.2, 0.25) is 0 Å². The Labute approximate surface area is 171 Å². The smallest absolute Gasteiger partial charge is 0.255 e. The molecule has 2 N–H and O–H groups in total. The van der Waals surface area contributed by atoms with E-state index in [-0.39, 0.29) is 24.4 Å². The molecule has 4 rings (SSSR count). The molecule has 0 radical (unpaired) electrons. The Morgan fingerprint density at radius 2 is 1.86 bits per heavy atom. The summed E-state index contributed by atoms with van der Waals surface area (Å²) >= 11 is 0. The average Bonchev–Trinajstić information content (AvgIpc) is 3.15. The zero-order valence-electron chi connectivity index (χ0n) is 17.2. The molecule has 2 heterocycles. The van der Waals surface area contributed by atoms with Crippen molar-refractivity contribution in [3.63, 3.8) is 0 Å². The fraction of sp³-hybridized carbons (Fsp3) is 0.333. The zero-order valence-corrected chi connectivity index (χ0v) is 17.2. The number of aromatic nitrogens is 1. The van der Waals surface area contributed by atoms with Crippen LogP contribution in [-0.4, -0.2) is 34.8 Å². The third kappa shape index (κ3) is 3.53. The fourth-order valence-corrected chi connectivity index (χ4v) is 4.21. The number of nitrogens with zero attached hydrogens (tertiary/aromatic N) is 1. The molecule has 1 atom stereocenters. The molecule has 1 aliphatic rings. The lowest BCUT2D eigenvalue weighted by Gasteiger charge is -2.26. The van der Waals surface area contributed by atoms with Crippen LogP contribution in [0.1, 0.15) is 53.5 Å². The second kappa shape index (κ2) is 7.74. The van der Waals surface area contributed by atoms with Crippen molar-refractivity contribution in [2.24, 2.45) is 5.92 Å². The van der Waals surface area contributed by atoms with Gasteiger partial charge in [0.05, 0.1) is 6.04 Å². The van der Waals surface area contributed by atoms with Crippen molar-refractivity contribution in [1.82, 2.24) is 15.2 Å². The molecule has 2 aromatic carbocycles.